The second-order valence-electron chi connectivity index (χ2n) is 6.10. The summed E-state index contributed by atoms with van der Waals surface area (Å²) in [6.07, 6.45) is -2.91. The standard InChI is InChI=1S/C14H18F3N5O3/c1-21-10(9(6-19-21)14(15,16)17)7-18-12(24)22-4-2-13(3-5-22)20-11(23)8-25-13/h6H,2-5,7-8H2,1H3,(H,18,24)(H,20,23). The second-order valence-corrected chi connectivity index (χ2v) is 6.10. The van der Waals surface area contributed by atoms with Gasteiger partial charge in [-0.3, -0.25) is 9.48 Å². The Labute approximate surface area is 141 Å². The predicted molar refractivity (Wildman–Crippen MR) is 78.1 cm³/mol. The van der Waals surface area contributed by atoms with Gasteiger partial charge in [-0.15, -0.1) is 0 Å². The SMILES string of the molecule is Cn1ncc(C(F)(F)F)c1CNC(=O)N1CCC2(CC1)NC(=O)CO2. The van der Waals surface area contributed by atoms with Crippen LogP contribution < -0.4 is 10.6 Å². The molecule has 0 aromatic carbocycles. The van der Waals surface area contributed by atoms with Crippen molar-refractivity contribution in [3.63, 3.8) is 0 Å². The van der Waals surface area contributed by atoms with Gasteiger partial charge in [-0.25, -0.2) is 4.79 Å². The van der Waals surface area contributed by atoms with Crippen molar-refractivity contribution in [1.29, 1.82) is 0 Å². The summed E-state index contributed by atoms with van der Waals surface area (Å²) in [5.74, 6) is -0.186. The van der Waals surface area contributed by atoms with Crippen molar-refractivity contribution in [2.75, 3.05) is 19.7 Å². The van der Waals surface area contributed by atoms with Gasteiger partial charge in [0.15, 0.2) is 0 Å². The summed E-state index contributed by atoms with van der Waals surface area (Å²) in [4.78, 5) is 25.0. The first-order valence-corrected chi connectivity index (χ1v) is 7.76. The third kappa shape index (κ3) is 3.55. The lowest BCUT2D eigenvalue weighted by Crippen LogP contribution is -2.54. The normalized spacial score (nSPS) is 20.0. The molecule has 0 saturated carbocycles. The highest BCUT2D eigenvalue weighted by Crippen LogP contribution is 2.31. The van der Waals surface area contributed by atoms with Crippen molar-refractivity contribution < 1.29 is 27.5 Å². The fourth-order valence-electron chi connectivity index (χ4n) is 3.05. The van der Waals surface area contributed by atoms with Crippen LogP contribution in [0.25, 0.3) is 0 Å². The van der Waals surface area contributed by atoms with Crippen molar-refractivity contribution in [3.05, 3.63) is 17.5 Å². The van der Waals surface area contributed by atoms with Gasteiger partial charge in [-0.2, -0.15) is 18.3 Å². The number of nitrogens with one attached hydrogen (secondary N) is 2. The van der Waals surface area contributed by atoms with Gasteiger partial charge in [0.25, 0.3) is 0 Å². The zero-order valence-corrected chi connectivity index (χ0v) is 13.5. The number of amides is 3. The minimum Gasteiger partial charge on any atom is -0.346 e. The highest BCUT2D eigenvalue weighted by Gasteiger charge is 2.42. The van der Waals surface area contributed by atoms with Gasteiger partial charge in [-0.05, 0) is 0 Å². The largest absolute Gasteiger partial charge is 0.419 e. The van der Waals surface area contributed by atoms with Gasteiger partial charge >= 0.3 is 12.2 Å². The van der Waals surface area contributed by atoms with Crippen LogP contribution >= 0.6 is 0 Å². The van der Waals surface area contributed by atoms with Crippen LogP contribution in [0.5, 0.6) is 0 Å². The first kappa shape index (κ1) is 17.5. The lowest BCUT2D eigenvalue weighted by molar-refractivity contribution is -0.138. The average Bonchev–Trinajstić information content (AvgIpc) is 3.09. The number of aromatic nitrogens is 2. The van der Waals surface area contributed by atoms with E-state index >= 15 is 0 Å². The van der Waals surface area contributed by atoms with Crippen LogP contribution in [-0.4, -0.2) is 52.0 Å². The number of halogens is 3. The highest BCUT2D eigenvalue weighted by atomic mass is 19.4. The number of ether oxygens (including phenoxy) is 1. The van der Waals surface area contributed by atoms with E-state index in [2.05, 4.69) is 15.7 Å². The third-order valence-corrected chi connectivity index (χ3v) is 4.48. The maximum absolute atomic E-state index is 12.9. The van der Waals surface area contributed by atoms with E-state index < -0.39 is 23.5 Å². The smallest absolute Gasteiger partial charge is 0.346 e. The number of urea groups is 1. The van der Waals surface area contributed by atoms with Crippen LogP contribution in [0.3, 0.4) is 0 Å². The molecule has 11 heteroatoms. The van der Waals surface area contributed by atoms with Crippen LogP contribution in [0, 0.1) is 0 Å². The van der Waals surface area contributed by atoms with Crippen molar-refractivity contribution in [3.8, 4) is 0 Å². The zero-order chi connectivity index (χ0) is 18.2. The molecule has 138 valence electrons. The Morgan fingerprint density at radius 1 is 1.44 bits per heavy atom. The molecule has 2 aliphatic rings. The molecule has 0 bridgehead atoms. The summed E-state index contributed by atoms with van der Waals surface area (Å²) in [6.45, 7) is 0.402. The monoisotopic (exact) mass is 361 g/mol. The van der Waals surface area contributed by atoms with Crippen LogP contribution in [-0.2, 0) is 29.3 Å². The Bertz CT molecular complexity index is 680. The van der Waals surface area contributed by atoms with E-state index in [0.717, 1.165) is 10.9 Å². The number of piperidine rings is 1. The number of aryl methyl sites for hydroxylation is 1. The highest BCUT2D eigenvalue weighted by molar-refractivity contribution is 5.80. The number of alkyl halides is 3. The quantitative estimate of drug-likeness (QED) is 0.807. The van der Waals surface area contributed by atoms with Crippen molar-refractivity contribution in [2.24, 2.45) is 7.05 Å². The van der Waals surface area contributed by atoms with Crippen molar-refractivity contribution in [1.82, 2.24) is 25.3 Å². The van der Waals surface area contributed by atoms with Gasteiger partial charge in [0.05, 0.1) is 24.0 Å². The number of likely N-dealkylation sites (tertiary alicyclic amines) is 1. The maximum Gasteiger partial charge on any atom is 0.419 e. The van der Waals surface area contributed by atoms with Gasteiger partial charge in [0.2, 0.25) is 5.91 Å². The van der Waals surface area contributed by atoms with Crippen molar-refractivity contribution >= 4 is 11.9 Å². The van der Waals surface area contributed by atoms with Crippen LogP contribution in [0.4, 0.5) is 18.0 Å². The van der Waals surface area contributed by atoms with Crippen LogP contribution in [0.1, 0.15) is 24.1 Å². The molecule has 0 aliphatic carbocycles. The van der Waals surface area contributed by atoms with E-state index in [1.165, 1.54) is 11.9 Å². The Morgan fingerprint density at radius 3 is 2.68 bits per heavy atom. The molecular weight excluding hydrogens is 343 g/mol. The van der Waals surface area contributed by atoms with E-state index in [9.17, 15) is 22.8 Å². The summed E-state index contributed by atoms with van der Waals surface area (Å²) in [5.41, 5.74) is -1.70. The summed E-state index contributed by atoms with van der Waals surface area (Å²) in [6, 6.07) is -0.464. The Morgan fingerprint density at radius 2 is 2.12 bits per heavy atom. The number of carbonyl (C=O) groups excluding carboxylic acids is 2. The topological polar surface area (TPSA) is 88.5 Å². The van der Waals surface area contributed by atoms with E-state index in [4.69, 9.17) is 4.74 Å². The average molecular weight is 361 g/mol. The van der Waals surface area contributed by atoms with Crippen molar-refractivity contribution in [2.45, 2.75) is 31.3 Å². The van der Waals surface area contributed by atoms with E-state index in [0.29, 0.717) is 25.9 Å². The number of carbonyl (C=O) groups is 2. The number of hydrogen-bond acceptors (Lipinski definition) is 4. The van der Waals surface area contributed by atoms with Crippen LogP contribution in [0.2, 0.25) is 0 Å². The first-order valence-electron chi connectivity index (χ1n) is 7.76. The molecule has 1 aromatic rings. The van der Waals surface area contributed by atoms with Gasteiger partial charge in [0, 0.05) is 33.0 Å². The molecule has 2 fully saturated rings. The molecule has 0 radical (unpaired) electrons. The molecule has 2 aliphatic heterocycles. The number of nitrogens with zero attached hydrogens (tertiary/aromatic N) is 3. The van der Waals surface area contributed by atoms with Gasteiger partial charge in [0.1, 0.15) is 12.3 Å². The third-order valence-electron chi connectivity index (χ3n) is 4.48. The van der Waals surface area contributed by atoms with Crippen LogP contribution in [0.15, 0.2) is 6.20 Å². The fourth-order valence-corrected chi connectivity index (χ4v) is 3.05. The zero-order valence-electron chi connectivity index (χ0n) is 13.5. The van der Waals surface area contributed by atoms with Gasteiger partial charge in [-0.1, -0.05) is 0 Å². The Kier molecular flexibility index (Phi) is 4.35. The molecule has 3 amide bonds. The molecule has 8 nitrogen and oxygen atoms in total. The minimum absolute atomic E-state index is 0.00685. The predicted octanol–water partition coefficient (Wildman–Crippen LogP) is 0.587. The Balaban J connectivity index is 1.56. The van der Waals surface area contributed by atoms with E-state index in [-0.39, 0.29) is 24.8 Å². The molecule has 3 rings (SSSR count). The maximum atomic E-state index is 12.9. The minimum atomic E-state index is -4.52. The number of hydrogen-bond donors (Lipinski definition) is 2. The van der Waals surface area contributed by atoms with E-state index in [1.807, 2.05) is 0 Å². The lowest BCUT2D eigenvalue weighted by Gasteiger charge is -2.38. The molecule has 25 heavy (non-hydrogen) atoms. The number of rotatable bonds is 2. The van der Waals surface area contributed by atoms with E-state index in [1.54, 1.807) is 0 Å². The molecule has 2 saturated heterocycles. The fraction of sp³-hybridized carbons (Fsp3) is 0.643. The summed E-state index contributed by atoms with van der Waals surface area (Å²) in [7, 11) is 1.39. The molecule has 1 aromatic heterocycles. The molecule has 2 N–H and O–H groups in total. The van der Waals surface area contributed by atoms with Gasteiger partial charge < -0.3 is 20.3 Å². The second kappa shape index (κ2) is 6.21. The lowest BCUT2D eigenvalue weighted by atomic mass is 10.0. The molecule has 1 spiro atoms. The summed E-state index contributed by atoms with van der Waals surface area (Å²) in [5, 5.41) is 8.86. The first-order chi connectivity index (χ1) is 11.7. The Hall–Kier alpha value is -2.30. The molecular formula is C14H18F3N5O3. The summed E-state index contributed by atoms with van der Waals surface area (Å²) < 4.78 is 45.3. The summed E-state index contributed by atoms with van der Waals surface area (Å²) >= 11 is 0. The molecule has 0 atom stereocenters. The molecule has 3 heterocycles. The molecule has 0 unspecified atom stereocenters.